The van der Waals surface area contributed by atoms with Crippen LogP contribution in [-0.4, -0.2) is 46.6 Å². The van der Waals surface area contributed by atoms with Crippen molar-refractivity contribution in [3.05, 3.63) is 42.5 Å². The van der Waals surface area contributed by atoms with Crippen LogP contribution >= 0.6 is 0 Å². The Morgan fingerprint density at radius 2 is 1.73 bits per heavy atom. The maximum atomic E-state index is 12.5. The van der Waals surface area contributed by atoms with E-state index in [1.807, 2.05) is 24.3 Å². The first-order valence-corrected chi connectivity index (χ1v) is 8.43. The van der Waals surface area contributed by atoms with Gasteiger partial charge in [0.15, 0.2) is 0 Å². The number of anilines is 3. The Morgan fingerprint density at radius 3 is 2.46 bits per heavy atom. The SMILES string of the molecule is COc1ccc(OC)c(NC(=O)Nc2ccccc2N2CCOCC2)c1. The molecule has 0 spiro atoms. The van der Waals surface area contributed by atoms with Crippen LogP contribution in [0, 0.1) is 0 Å². The zero-order valence-electron chi connectivity index (χ0n) is 15.0. The van der Waals surface area contributed by atoms with Crippen molar-refractivity contribution in [1.82, 2.24) is 0 Å². The van der Waals surface area contributed by atoms with Gasteiger partial charge in [-0.2, -0.15) is 0 Å². The molecule has 26 heavy (non-hydrogen) atoms. The number of ether oxygens (including phenoxy) is 3. The quantitative estimate of drug-likeness (QED) is 0.860. The summed E-state index contributed by atoms with van der Waals surface area (Å²) in [5.41, 5.74) is 2.26. The molecule has 0 radical (unpaired) electrons. The van der Waals surface area contributed by atoms with Crippen molar-refractivity contribution >= 4 is 23.1 Å². The van der Waals surface area contributed by atoms with E-state index >= 15 is 0 Å². The third kappa shape index (κ3) is 4.18. The van der Waals surface area contributed by atoms with E-state index in [0.29, 0.717) is 30.4 Å². The van der Waals surface area contributed by atoms with Crippen LogP contribution < -0.4 is 25.0 Å². The molecule has 1 fully saturated rings. The molecule has 1 saturated heterocycles. The van der Waals surface area contributed by atoms with Gasteiger partial charge in [-0.05, 0) is 24.3 Å². The molecule has 7 nitrogen and oxygen atoms in total. The summed E-state index contributed by atoms with van der Waals surface area (Å²) in [5, 5.41) is 5.73. The minimum atomic E-state index is -0.350. The molecule has 0 bridgehead atoms. The van der Waals surface area contributed by atoms with E-state index in [9.17, 15) is 4.79 Å². The van der Waals surface area contributed by atoms with Gasteiger partial charge in [-0.1, -0.05) is 12.1 Å². The average molecular weight is 357 g/mol. The van der Waals surface area contributed by atoms with Crippen LogP contribution in [0.5, 0.6) is 11.5 Å². The van der Waals surface area contributed by atoms with Crippen molar-refractivity contribution < 1.29 is 19.0 Å². The minimum absolute atomic E-state index is 0.350. The Kier molecular flexibility index (Phi) is 5.80. The lowest BCUT2D eigenvalue weighted by molar-refractivity contribution is 0.123. The number of nitrogens with zero attached hydrogens (tertiary/aromatic N) is 1. The van der Waals surface area contributed by atoms with E-state index in [4.69, 9.17) is 14.2 Å². The van der Waals surface area contributed by atoms with Crippen molar-refractivity contribution in [2.45, 2.75) is 0 Å². The number of hydrogen-bond acceptors (Lipinski definition) is 5. The van der Waals surface area contributed by atoms with Gasteiger partial charge in [-0.15, -0.1) is 0 Å². The molecule has 0 unspecified atom stereocenters. The van der Waals surface area contributed by atoms with Crippen LogP contribution in [0.3, 0.4) is 0 Å². The predicted molar refractivity (Wildman–Crippen MR) is 102 cm³/mol. The molecule has 7 heteroatoms. The van der Waals surface area contributed by atoms with Gasteiger partial charge in [0.25, 0.3) is 0 Å². The highest BCUT2D eigenvalue weighted by Gasteiger charge is 2.16. The molecule has 0 saturated carbocycles. The number of morpholine rings is 1. The summed E-state index contributed by atoms with van der Waals surface area (Å²) in [4.78, 5) is 14.7. The normalized spacial score (nSPS) is 13.8. The van der Waals surface area contributed by atoms with Crippen LogP contribution in [0.25, 0.3) is 0 Å². The molecule has 0 aromatic heterocycles. The summed E-state index contributed by atoms with van der Waals surface area (Å²) in [5.74, 6) is 1.19. The second kappa shape index (κ2) is 8.44. The Hall–Kier alpha value is -2.93. The number of methoxy groups -OCH3 is 2. The number of carbonyl (C=O) groups is 1. The molecule has 2 aromatic carbocycles. The van der Waals surface area contributed by atoms with Crippen LogP contribution in [0.2, 0.25) is 0 Å². The summed E-state index contributed by atoms with van der Waals surface area (Å²) in [7, 11) is 3.13. The van der Waals surface area contributed by atoms with Crippen molar-refractivity contribution in [1.29, 1.82) is 0 Å². The molecule has 1 heterocycles. The number of carbonyl (C=O) groups excluding carboxylic acids is 1. The molecule has 0 aliphatic carbocycles. The number of nitrogens with one attached hydrogen (secondary N) is 2. The minimum Gasteiger partial charge on any atom is -0.497 e. The van der Waals surface area contributed by atoms with Gasteiger partial charge in [0.2, 0.25) is 0 Å². The zero-order valence-corrected chi connectivity index (χ0v) is 15.0. The lowest BCUT2D eigenvalue weighted by Crippen LogP contribution is -2.37. The van der Waals surface area contributed by atoms with Gasteiger partial charge in [0.05, 0.1) is 44.5 Å². The third-order valence-corrected chi connectivity index (χ3v) is 4.16. The van der Waals surface area contributed by atoms with E-state index in [-0.39, 0.29) is 6.03 Å². The summed E-state index contributed by atoms with van der Waals surface area (Å²) in [6.07, 6.45) is 0. The van der Waals surface area contributed by atoms with Gasteiger partial charge in [0.1, 0.15) is 11.5 Å². The molecular formula is C19H23N3O4. The fourth-order valence-electron chi connectivity index (χ4n) is 2.85. The first-order valence-electron chi connectivity index (χ1n) is 8.43. The highest BCUT2D eigenvalue weighted by atomic mass is 16.5. The number of amides is 2. The second-order valence-electron chi connectivity index (χ2n) is 5.76. The Bertz CT molecular complexity index is 760. The molecule has 2 amide bonds. The number of benzene rings is 2. The lowest BCUT2D eigenvalue weighted by Gasteiger charge is -2.30. The standard InChI is InChI=1S/C19H23N3O4/c1-24-14-7-8-18(25-2)16(13-14)21-19(23)20-15-5-3-4-6-17(15)22-9-11-26-12-10-22/h3-8,13H,9-12H2,1-2H3,(H2,20,21,23). The van der Waals surface area contributed by atoms with E-state index < -0.39 is 0 Å². The average Bonchev–Trinajstić information content (AvgIpc) is 2.69. The fourth-order valence-corrected chi connectivity index (χ4v) is 2.85. The van der Waals surface area contributed by atoms with E-state index in [0.717, 1.165) is 24.5 Å². The second-order valence-corrected chi connectivity index (χ2v) is 5.76. The molecule has 0 atom stereocenters. The van der Waals surface area contributed by atoms with Crippen molar-refractivity contribution in [3.63, 3.8) is 0 Å². The van der Waals surface area contributed by atoms with Crippen molar-refractivity contribution in [2.24, 2.45) is 0 Å². The molecule has 2 aromatic rings. The summed E-state index contributed by atoms with van der Waals surface area (Å²) < 4.78 is 15.9. The van der Waals surface area contributed by atoms with Gasteiger partial charge >= 0.3 is 6.03 Å². The molecule has 3 rings (SSSR count). The highest BCUT2D eigenvalue weighted by Crippen LogP contribution is 2.30. The van der Waals surface area contributed by atoms with Crippen LogP contribution in [-0.2, 0) is 4.74 Å². The highest BCUT2D eigenvalue weighted by molar-refractivity contribution is 6.02. The maximum Gasteiger partial charge on any atom is 0.323 e. The Balaban J connectivity index is 1.75. The topological polar surface area (TPSA) is 72.1 Å². The van der Waals surface area contributed by atoms with Crippen LogP contribution in [0.1, 0.15) is 0 Å². The number of para-hydroxylation sites is 2. The first kappa shape index (κ1) is 17.9. The molecule has 1 aliphatic rings. The summed E-state index contributed by atoms with van der Waals surface area (Å²) in [6.45, 7) is 2.96. The van der Waals surface area contributed by atoms with Gasteiger partial charge in [-0.25, -0.2) is 4.79 Å². The monoisotopic (exact) mass is 357 g/mol. The number of rotatable bonds is 5. The number of hydrogen-bond donors (Lipinski definition) is 2. The predicted octanol–water partition coefficient (Wildman–Crippen LogP) is 3.18. The fraction of sp³-hybridized carbons (Fsp3) is 0.316. The largest absolute Gasteiger partial charge is 0.497 e. The van der Waals surface area contributed by atoms with Crippen molar-refractivity contribution in [3.8, 4) is 11.5 Å². The smallest absolute Gasteiger partial charge is 0.323 e. The Labute approximate surface area is 152 Å². The molecule has 138 valence electrons. The summed E-state index contributed by atoms with van der Waals surface area (Å²) >= 11 is 0. The lowest BCUT2D eigenvalue weighted by atomic mass is 10.2. The molecule has 2 N–H and O–H groups in total. The van der Waals surface area contributed by atoms with E-state index in [2.05, 4.69) is 15.5 Å². The first-order chi connectivity index (χ1) is 12.7. The summed E-state index contributed by atoms with van der Waals surface area (Å²) in [6, 6.07) is 12.6. The third-order valence-electron chi connectivity index (χ3n) is 4.16. The van der Waals surface area contributed by atoms with Crippen molar-refractivity contribution in [2.75, 3.05) is 56.1 Å². The van der Waals surface area contributed by atoms with Gasteiger partial charge in [0, 0.05) is 19.2 Å². The van der Waals surface area contributed by atoms with Gasteiger partial charge in [-0.3, -0.25) is 0 Å². The number of urea groups is 1. The van der Waals surface area contributed by atoms with Crippen LogP contribution in [0.4, 0.5) is 21.9 Å². The molecule has 1 aliphatic heterocycles. The Morgan fingerprint density at radius 1 is 1.00 bits per heavy atom. The molecular weight excluding hydrogens is 334 g/mol. The van der Waals surface area contributed by atoms with E-state index in [1.54, 1.807) is 32.4 Å². The van der Waals surface area contributed by atoms with Gasteiger partial charge < -0.3 is 29.7 Å². The van der Waals surface area contributed by atoms with E-state index in [1.165, 1.54) is 0 Å². The maximum absolute atomic E-state index is 12.5. The van der Waals surface area contributed by atoms with Crippen LogP contribution in [0.15, 0.2) is 42.5 Å². The zero-order chi connectivity index (χ0) is 18.4.